The van der Waals surface area contributed by atoms with Crippen LogP contribution in [-0.2, 0) is 9.63 Å². The Balaban J connectivity index is 1.40. The molecule has 0 aliphatic carbocycles. The number of aryl methyl sites for hydroxylation is 1. The van der Waals surface area contributed by atoms with Crippen molar-refractivity contribution in [2.45, 2.75) is 19.4 Å². The zero-order valence-corrected chi connectivity index (χ0v) is 16.0. The van der Waals surface area contributed by atoms with E-state index in [1.165, 1.54) is 17.4 Å². The second kappa shape index (κ2) is 8.49. The monoisotopic (exact) mass is 409 g/mol. The molecule has 2 aromatic rings. The fourth-order valence-electron chi connectivity index (χ4n) is 2.44. The summed E-state index contributed by atoms with van der Waals surface area (Å²) in [6.07, 6.45) is -0.347. The van der Waals surface area contributed by atoms with Gasteiger partial charge in [-0.25, -0.2) is 4.39 Å². The molecule has 27 heavy (non-hydrogen) atoms. The number of oxime groups is 1. The highest BCUT2D eigenvalue weighted by Gasteiger charge is 2.29. The average molecular weight is 410 g/mol. The van der Waals surface area contributed by atoms with Crippen molar-refractivity contribution in [3.05, 3.63) is 56.5 Å². The van der Waals surface area contributed by atoms with Gasteiger partial charge in [0, 0.05) is 25.1 Å². The summed E-state index contributed by atoms with van der Waals surface area (Å²) in [6.45, 7) is 2.06. The van der Waals surface area contributed by atoms with Crippen LogP contribution in [0.5, 0.6) is 0 Å². The molecule has 0 spiro atoms. The smallest absolute Gasteiger partial charge is 0.264 e. The average Bonchev–Trinajstić information content (AvgIpc) is 3.29. The third-order valence-electron chi connectivity index (χ3n) is 3.96. The number of amides is 2. The van der Waals surface area contributed by atoms with Crippen molar-refractivity contribution in [2.75, 3.05) is 13.1 Å². The molecule has 2 N–H and O–H groups in total. The molecular weight excluding hydrogens is 393 g/mol. The van der Waals surface area contributed by atoms with E-state index >= 15 is 0 Å². The Hall–Kier alpha value is -2.45. The summed E-state index contributed by atoms with van der Waals surface area (Å²) in [4.78, 5) is 30.1. The van der Waals surface area contributed by atoms with Gasteiger partial charge in [-0.05, 0) is 36.8 Å². The first kappa shape index (κ1) is 19.3. The van der Waals surface area contributed by atoms with E-state index in [2.05, 4.69) is 15.8 Å². The molecule has 0 radical (unpaired) electrons. The lowest BCUT2D eigenvalue weighted by Gasteiger charge is -2.10. The SMILES string of the molecule is Cc1ccc(C(=O)NCCNC(=O)[C@@H]2CC(c3ccc(Cl)s3)=NO2)cc1F. The zero-order valence-electron chi connectivity index (χ0n) is 14.4. The predicted molar refractivity (Wildman–Crippen MR) is 102 cm³/mol. The van der Waals surface area contributed by atoms with Crippen molar-refractivity contribution in [1.29, 1.82) is 0 Å². The number of carbonyl (C=O) groups is 2. The van der Waals surface area contributed by atoms with Gasteiger partial charge in [-0.3, -0.25) is 9.59 Å². The maximum atomic E-state index is 13.5. The second-order valence-electron chi connectivity index (χ2n) is 5.95. The number of nitrogens with one attached hydrogen (secondary N) is 2. The van der Waals surface area contributed by atoms with Crippen LogP contribution >= 0.6 is 22.9 Å². The number of rotatable bonds is 6. The lowest BCUT2D eigenvalue weighted by molar-refractivity contribution is -0.131. The van der Waals surface area contributed by atoms with Gasteiger partial charge in [0.05, 0.1) is 9.21 Å². The van der Waals surface area contributed by atoms with Crippen LogP contribution in [0.4, 0.5) is 4.39 Å². The minimum absolute atomic E-state index is 0.209. The molecule has 3 rings (SSSR count). The van der Waals surface area contributed by atoms with E-state index in [1.807, 2.05) is 6.07 Å². The van der Waals surface area contributed by atoms with Crippen LogP contribution in [0.25, 0.3) is 0 Å². The Bertz CT molecular complexity index is 900. The van der Waals surface area contributed by atoms with E-state index in [0.717, 1.165) is 4.88 Å². The third-order valence-corrected chi connectivity index (χ3v) is 5.24. The van der Waals surface area contributed by atoms with E-state index in [-0.39, 0.29) is 24.6 Å². The Kier molecular flexibility index (Phi) is 6.08. The lowest BCUT2D eigenvalue weighted by Crippen LogP contribution is -2.39. The maximum Gasteiger partial charge on any atom is 0.264 e. The van der Waals surface area contributed by atoms with Crippen molar-refractivity contribution in [1.82, 2.24) is 10.6 Å². The number of nitrogens with zero attached hydrogens (tertiary/aromatic N) is 1. The molecule has 6 nitrogen and oxygen atoms in total. The highest BCUT2D eigenvalue weighted by Crippen LogP contribution is 2.26. The van der Waals surface area contributed by atoms with Gasteiger partial charge in [0.2, 0.25) is 6.10 Å². The molecule has 0 unspecified atom stereocenters. The molecule has 1 aromatic carbocycles. The van der Waals surface area contributed by atoms with Crippen molar-refractivity contribution < 1.29 is 18.8 Å². The van der Waals surface area contributed by atoms with Gasteiger partial charge in [0.15, 0.2) is 0 Å². The van der Waals surface area contributed by atoms with Gasteiger partial charge in [-0.15, -0.1) is 11.3 Å². The van der Waals surface area contributed by atoms with Crippen LogP contribution in [0.2, 0.25) is 4.34 Å². The number of hydrogen-bond donors (Lipinski definition) is 2. The predicted octanol–water partition coefficient (Wildman–Crippen LogP) is 2.89. The minimum Gasteiger partial charge on any atom is -0.382 e. The van der Waals surface area contributed by atoms with Gasteiger partial charge in [-0.2, -0.15) is 0 Å². The summed E-state index contributed by atoms with van der Waals surface area (Å²) in [5.41, 5.74) is 1.39. The first-order valence-corrected chi connectivity index (χ1v) is 9.44. The molecule has 1 aliphatic heterocycles. The molecule has 0 fully saturated rings. The van der Waals surface area contributed by atoms with Crippen molar-refractivity contribution >= 4 is 40.5 Å². The number of benzene rings is 1. The third kappa shape index (κ3) is 4.84. The number of thiophene rings is 1. The van der Waals surface area contributed by atoms with E-state index in [0.29, 0.717) is 22.0 Å². The Morgan fingerprint density at radius 3 is 2.78 bits per heavy atom. The van der Waals surface area contributed by atoms with Crippen LogP contribution < -0.4 is 10.6 Å². The molecule has 142 valence electrons. The van der Waals surface area contributed by atoms with Crippen molar-refractivity contribution in [2.24, 2.45) is 5.16 Å². The largest absolute Gasteiger partial charge is 0.382 e. The molecule has 0 saturated carbocycles. The Morgan fingerprint density at radius 1 is 1.30 bits per heavy atom. The molecule has 0 bridgehead atoms. The molecule has 2 amide bonds. The second-order valence-corrected chi connectivity index (χ2v) is 7.67. The summed E-state index contributed by atoms with van der Waals surface area (Å²) < 4.78 is 14.1. The van der Waals surface area contributed by atoms with Crippen LogP contribution in [0.1, 0.15) is 27.2 Å². The van der Waals surface area contributed by atoms with Gasteiger partial charge < -0.3 is 15.5 Å². The summed E-state index contributed by atoms with van der Waals surface area (Å²) in [6, 6.07) is 7.88. The first-order chi connectivity index (χ1) is 12.9. The molecule has 1 atom stereocenters. The van der Waals surface area contributed by atoms with E-state index < -0.39 is 17.8 Å². The van der Waals surface area contributed by atoms with Gasteiger partial charge >= 0.3 is 0 Å². The lowest BCUT2D eigenvalue weighted by atomic mass is 10.1. The van der Waals surface area contributed by atoms with E-state index in [1.54, 1.807) is 25.1 Å². The fraction of sp³-hybridized carbons (Fsp3) is 0.278. The molecule has 9 heteroatoms. The Morgan fingerprint density at radius 2 is 2.07 bits per heavy atom. The topological polar surface area (TPSA) is 79.8 Å². The maximum absolute atomic E-state index is 13.5. The molecular formula is C18H17ClFN3O3S. The first-order valence-electron chi connectivity index (χ1n) is 8.24. The number of hydrogen-bond acceptors (Lipinski definition) is 5. The summed E-state index contributed by atoms with van der Waals surface area (Å²) in [5.74, 6) is -1.15. The highest BCUT2D eigenvalue weighted by molar-refractivity contribution is 7.18. The molecule has 1 aromatic heterocycles. The van der Waals surface area contributed by atoms with Crippen LogP contribution in [-0.4, -0.2) is 36.7 Å². The van der Waals surface area contributed by atoms with Gasteiger partial charge in [0.25, 0.3) is 11.8 Å². The van der Waals surface area contributed by atoms with Gasteiger partial charge in [-0.1, -0.05) is 22.8 Å². The van der Waals surface area contributed by atoms with E-state index in [9.17, 15) is 14.0 Å². The molecule has 0 saturated heterocycles. The summed E-state index contributed by atoms with van der Waals surface area (Å²) in [7, 11) is 0. The van der Waals surface area contributed by atoms with Crippen LogP contribution in [0.15, 0.2) is 35.5 Å². The zero-order chi connectivity index (χ0) is 19.4. The minimum atomic E-state index is -0.706. The quantitative estimate of drug-likeness (QED) is 0.720. The van der Waals surface area contributed by atoms with E-state index in [4.69, 9.17) is 16.4 Å². The molecule has 2 heterocycles. The molecule has 1 aliphatic rings. The van der Waals surface area contributed by atoms with Crippen LogP contribution in [0.3, 0.4) is 0 Å². The summed E-state index contributed by atoms with van der Waals surface area (Å²) in [5, 5.41) is 9.24. The Labute approximate surface area is 164 Å². The van der Waals surface area contributed by atoms with Crippen molar-refractivity contribution in [3.63, 3.8) is 0 Å². The van der Waals surface area contributed by atoms with Crippen molar-refractivity contribution in [3.8, 4) is 0 Å². The number of carbonyl (C=O) groups excluding carboxylic acids is 2. The van der Waals surface area contributed by atoms with Crippen LogP contribution in [0, 0.1) is 12.7 Å². The number of halogens is 2. The highest BCUT2D eigenvalue weighted by atomic mass is 35.5. The summed E-state index contributed by atoms with van der Waals surface area (Å²) >= 11 is 7.27. The standard InChI is InChI=1S/C18H17ClFN3O3S/c1-10-2-3-11(8-12(10)20)17(24)21-6-7-22-18(25)14-9-13(23-26-14)15-4-5-16(19)27-15/h2-5,8,14H,6-7,9H2,1H3,(H,21,24)(H,22,25)/t14-/m0/s1. The van der Waals surface area contributed by atoms with Gasteiger partial charge in [0.1, 0.15) is 11.5 Å². The normalized spacial score (nSPS) is 15.8. The fourth-order valence-corrected chi connectivity index (χ4v) is 3.48.